The number of rotatable bonds is 0. The van der Waals surface area contributed by atoms with Gasteiger partial charge < -0.3 is 0 Å². The summed E-state index contributed by atoms with van der Waals surface area (Å²) in [6, 6.07) is 0. The zero-order valence-electron chi connectivity index (χ0n) is 6.57. The van der Waals surface area contributed by atoms with Crippen molar-refractivity contribution in [2.75, 3.05) is 0 Å². The first-order valence-corrected chi connectivity index (χ1v) is 4.30. The number of allylic oxidation sites excluding steroid dienone is 1. The molecule has 1 aromatic heterocycles. The van der Waals surface area contributed by atoms with E-state index in [9.17, 15) is 4.79 Å². The Morgan fingerprint density at radius 3 is 3.17 bits per heavy atom. The Hall–Kier alpha value is -1.10. The summed E-state index contributed by atoms with van der Waals surface area (Å²) in [6.07, 6.45) is 0. The van der Waals surface area contributed by atoms with Crippen LogP contribution in [0, 0.1) is 6.92 Å². The summed E-state index contributed by atoms with van der Waals surface area (Å²) in [7, 11) is 0. The van der Waals surface area contributed by atoms with Crippen molar-refractivity contribution in [2.24, 2.45) is 0 Å². The van der Waals surface area contributed by atoms with Crippen molar-refractivity contribution in [1.82, 2.24) is 14.8 Å². The van der Waals surface area contributed by atoms with Gasteiger partial charge in [-0.1, -0.05) is 18.3 Å². The van der Waals surface area contributed by atoms with E-state index in [-0.39, 0.29) is 5.56 Å². The molecule has 0 amide bonds. The first-order chi connectivity index (χ1) is 5.66. The van der Waals surface area contributed by atoms with Crippen LogP contribution in [0.4, 0.5) is 0 Å². The van der Waals surface area contributed by atoms with E-state index in [1.807, 2.05) is 0 Å². The van der Waals surface area contributed by atoms with Crippen LogP contribution in [0.25, 0.3) is 0 Å². The Morgan fingerprint density at radius 2 is 2.42 bits per heavy atom. The molecule has 4 nitrogen and oxygen atoms in total. The van der Waals surface area contributed by atoms with Gasteiger partial charge in [-0.3, -0.25) is 4.79 Å². The van der Waals surface area contributed by atoms with Gasteiger partial charge in [-0.25, -0.2) is 4.68 Å². The highest BCUT2D eigenvalue weighted by Crippen LogP contribution is 2.29. The SMILES string of the molecule is C=C1Cn2nc(C)c(=O)nc2S1. The van der Waals surface area contributed by atoms with Crippen molar-refractivity contribution in [2.45, 2.75) is 18.6 Å². The molecule has 0 N–H and O–H groups in total. The minimum Gasteiger partial charge on any atom is -0.265 e. The molecule has 5 heteroatoms. The van der Waals surface area contributed by atoms with Gasteiger partial charge in [0.15, 0.2) is 5.16 Å². The van der Waals surface area contributed by atoms with E-state index < -0.39 is 0 Å². The molecular formula is C7H7N3OS. The van der Waals surface area contributed by atoms with Crippen LogP contribution in [0.3, 0.4) is 0 Å². The number of aromatic nitrogens is 3. The fourth-order valence-electron chi connectivity index (χ4n) is 0.999. The maximum atomic E-state index is 11.1. The minimum atomic E-state index is -0.247. The molecule has 0 saturated heterocycles. The molecule has 0 unspecified atom stereocenters. The normalized spacial score (nSPS) is 14.9. The maximum absolute atomic E-state index is 11.1. The molecule has 0 atom stereocenters. The highest BCUT2D eigenvalue weighted by Gasteiger charge is 2.16. The predicted octanol–water partition coefficient (Wildman–Crippen LogP) is 0.566. The number of nitrogens with zero attached hydrogens (tertiary/aromatic N) is 3. The Labute approximate surface area is 73.3 Å². The second kappa shape index (κ2) is 2.45. The van der Waals surface area contributed by atoms with Crippen molar-refractivity contribution in [3.05, 3.63) is 27.5 Å². The lowest BCUT2D eigenvalue weighted by Crippen LogP contribution is -2.18. The van der Waals surface area contributed by atoms with Gasteiger partial charge in [0.05, 0.1) is 6.54 Å². The van der Waals surface area contributed by atoms with Crippen LogP contribution in [-0.4, -0.2) is 14.8 Å². The Balaban J connectivity index is 2.63. The summed E-state index contributed by atoms with van der Waals surface area (Å²) in [4.78, 5) is 15.9. The van der Waals surface area contributed by atoms with E-state index in [0.717, 1.165) is 4.91 Å². The molecule has 1 aliphatic heterocycles. The lowest BCUT2D eigenvalue weighted by molar-refractivity contribution is 0.572. The van der Waals surface area contributed by atoms with Crippen molar-refractivity contribution in [3.63, 3.8) is 0 Å². The summed E-state index contributed by atoms with van der Waals surface area (Å²) in [5, 5.41) is 4.71. The smallest absolute Gasteiger partial charge is 0.265 e. The molecule has 0 saturated carbocycles. The first kappa shape index (κ1) is 7.54. The van der Waals surface area contributed by atoms with Crippen molar-refractivity contribution in [3.8, 4) is 0 Å². The standard InChI is InChI=1S/C7H7N3OS/c1-4-3-10-7(12-4)8-6(11)5(2)9-10/h1,3H2,2H3. The molecule has 2 heterocycles. The van der Waals surface area contributed by atoms with Crippen LogP contribution in [0.2, 0.25) is 0 Å². The zero-order valence-corrected chi connectivity index (χ0v) is 7.39. The number of aryl methyl sites for hydroxylation is 1. The van der Waals surface area contributed by atoms with E-state index >= 15 is 0 Å². The number of hydrogen-bond donors (Lipinski definition) is 0. The van der Waals surface area contributed by atoms with Crippen molar-refractivity contribution >= 4 is 11.8 Å². The third-order valence-electron chi connectivity index (χ3n) is 1.56. The largest absolute Gasteiger partial charge is 0.295 e. The Bertz CT molecular complexity index is 410. The molecule has 0 bridgehead atoms. The fraction of sp³-hybridized carbons (Fsp3) is 0.286. The van der Waals surface area contributed by atoms with Gasteiger partial charge in [-0.05, 0) is 6.92 Å². The van der Waals surface area contributed by atoms with Gasteiger partial charge in [0.1, 0.15) is 5.69 Å². The highest BCUT2D eigenvalue weighted by molar-refractivity contribution is 8.03. The van der Waals surface area contributed by atoms with Crippen LogP contribution < -0.4 is 5.56 Å². The van der Waals surface area contributed by atoms with E-state index in [4.69, 9.17) is 0 Å². The van der Waals surface area contributed by atoms with Crippen molar-refractivity contribution < 1.29 is 0 Å². The van der Waals surface area contributed by atoms with Crippen LogP contribution in [0.5, 0.6) is 0 Å². The van der Waals surface area contributed by atoms with E-state index in [2.05, 4.69) is 16.7 Å². The molecule has 0 spiro atoms. The molecule has 1 aromatic rings. The van der Waals surface area contributed by atoms with Crippen LogP contribution in [0.1, 0.15) is 5.69 Å². The monoisotopic (exact) mass is 181 g/mol. The van der Waals surface area contributed by atoms with Crippen molar-refractivity contribution in [1.29, 1.82) is 0 Å². The fourth-order valence-corrected chi connectivity index (χ4v) is 1.78. The number of thioether (sulfide) groups is 1. The van der Waals surface area contributed by atoms with Gasteiger partial charge in [0.2, 0.25) is 0 Å². The number of hydrogen-bond acceptors (Lipinski definition) is 4. The zero-order chi connectivity index (χ0) is 8.72. The van der Waals surface area contributed by atoms with Gasteiger partial charge in [-0.2, -0.15) is 10.1 Å². The van der Waals surface area contributed by atoms with Crippen LogP contribution in [0.15, 0.2) is 21.4 Å². The second-order valence-corrected chi connectivity index (χ2v) is 3.73. The van der Waals surface area contributed by atoms with Crippen LogP contribution >= 0.6 is 11.8 Å². The molecule has 2 rings (SSSR count). The van der Waals surface area contributed by atoms with Gasteiger partial charge in [0.25, 0.3) is 5.56 Å². The predicted molar refractivity (Wildman–Crippen MR) is 46.0 cm³/mol. The third-order valence-corrected chi connectivity index (χ3v) is 2.46. The first-order valence-electron chi connectivity index (χ1n) is 3.48. The Kier molecular flexibility index (Phi) is 1.54. The van der Waals surface area contributed by atoms with Gasteiger partial charge in [0, 0.05) is 4.91 Å². The van der Waals surface area contributed by atoms with Gasteiger partial charge in [-0.15, -0.1) is 0 Å². The summed E-state index contributed by atoms with van der Waals surface area (Å²) in [5.74, 6) is 0. The molecule has 0 aromatic carbocycles. The third kappa shape index (κ3) is 1.06. The minimum absolute atomic E-state index is 0.247. The summed E-state index contributed by atoms with van der Waals surface area (Å²) in [5.41, 5.74) is 0.192. The molecule has 0 radical (unpaired) electrons. The van der Waals surface area contributed by atoms with E-state index in [0.29, 0.717) is 17.4 Å². The quantitative estimate of drug-likeness (QED) is 0.587. The summed E-state index contributed by atoms with van der Waals surface area (Å²) in [6.45, 7) is 6.11. The van der Waals surface area contributed by atoms with E-state index in [1.165, 1.54) is 11.8 Å². The molecule has 0 aliphatic carbocycles. The Morgan fingerprint density at radius 1 is 1.67 bits per heavy atom. The lowest BCUT2D eigenvalue weighted by Gasteiger charge is -1.98. The van der Waals surface area contributed by atoms with E-state index in [1.54, 1.807) is 11.6 Å². The average molecular weight is 181 g/mol. The highest BCUT2D eigenvalue weighted by atomic mass is 32.2. The molecular weight excluding hydrogens is 174 g/mol. The second-order valence-electron chi connectivity index (χ2n) is 2.58. The molecule has 12 heavy (non-hydrogen) atoms. The summed E-state index contributed by atoms with van der Waals surface area (Å²) >= 11 is 1.41. The van der Waals surface area contributed by atoms with Crippen LogP contribution in [-0.2, 0) is 6.54 Å². The topological polar surface area (TPSA) is 47.8 Å². The number of fused-ring (bicyclic) bond motifs is 1. The summed E-state index contributed by atoms with van der Waals surface area (Å²) < 4.78 is 1.70. The molecule has 0 fully saturated rings. The average Bonchev–Trinajstić information content (AvgIpc) is 2.30. The maximum Gasteiger partial charge on any atom is 0.295 e. The molecule has 62 valence electrons. The van der Waals surface area contributed by atoms with Gasteiger partial charge >= 0.3 is 0 Å². The lowest BCUT2D eigenvalue weighted by atomic mass is 10.5. The molecule has 1 aliphatic rings.